The highest BCUT2D eigenvalue weighted by Gasteiger charge is 2.48. The molecule has 0 aromatic heterocycles. The molecule has 4 aliphatic rings. The van der Waals surface area contributed by atoms with Gasteiger partial charge in [0.05, 0.1) is 0 Å². The second-order valence-corrected chi connectivity index (χ2v) is 10.5. The van der Waals surface area contributed by atoms with E-state index >= 15 is 0 Å². The molecule has 3 fully saturated rings. The monoisotopic (exact) mass is 416 g/mol. The van der Waals surface area contributed by atoms with E-state index in [2.05, 4.69) is 5.32 Å². The van der Waals surface area contributed by atoms with Gasteiger partial charge in [0.15, 0.2) is 5.96 Å². The molecule has 6 nitrogen and oxygen atoms in total. The number of aliphatic imine (C=N–C) groups is 1. The fourth-order valence-corrected chi connectivity index (χ4v) is 6.63. The Kier molecular flexibility index (Phi) is 6.69. The van der Waals surface area contributed by atoms with Gasteiger partial charge >= 0.3 is 0 Å². The van der Waals surface area contributed by atoms with Crippen molar-refractivity contribution in [2.45, 2.75) is 95.4 Å². The quantitative estimate of drug-likeness (QED) is 0.665. The molecule has 2 aliphatic heterocycles. The zero-order chi connectivity index (χ0) is 21.1. The summed E-state index contributed by atoms with van der Waals surface area (Å²) in [7, 11) is 1.77. The number of guanidine groups is 1. The highest BCUT2D eigenvalue weighted by molar-refractivity contribution is 6.06. The molecule has 1 saturated heterocycles. The molecule has 3 N–H and O–H groups in total. The molecule has 0 unspecified atom stereocenters. The highest BCUT2D eigenvalue weighted by Crippen LogP contribution is 2.43. The van der Waals surface area contributed by atoms with E-state index in [9.17, 15) is 9.59 Å². The normalized spacial score (nSPS) is 35.6. The lowest BCUT2D eigenvalue weighted by atomic mass is 9.71. The Morgan fingerprint density at radius 2 is 1.77 bits per heavy atom. The number of rotatable bonds is 7. The summed E-state index contributed by atoms with van der Waals surface area (Å²) < 4.78 is 0. The predicted octanol–water partition coefficient (Wildman–Crippen LogP) is 3.60. The maximum absolute atomic E-state index is 13.3. The Morgan fingerprint density at radius 1 is 1.03 bits per heavy atom. The number of carbonyl (C=O) groups excluding carboxylic acids is 2. The third-order valence-electron chi connectivity index (χ3n) is 8.36. The summed E-state index contributed by atoms with van der Waals surface area (Å²) in [5, 5.41) is 2.98. The molecule has 6 heteroatoms. The zero-order valence-electron chi connectivity index (χ0n) is 18.7. The highest BCUT2D eigenvalue weighted by atomic mass is 16.2. The molecule has 168 valence electrons. The third kappa shape index (κ3) is 4.67. The molecule has 2 aliphatic carbocycles. The minimum atomic E-state index is -0.645. The van der Waals surface area contributed by atoms with E-state index in [0.29, 0.717) is 17.8 Å². The molecule has 0 bridgehead atoms. The predicted molar refractivity (Wildman–Crippen MR) is 119 cm³/mol. The van der Waals surface area contributed by atoms with E-state index in [1.54, 1.807) is 11.9 Å². The lowest BCUT2D eigenvalue weighted by molar-refractivity contribution is -0.131. The van der Waals surface area contributed by atoms with Gasteiger partial charge in [-0.3, -0.25) is 14.5 Å². The minimum absolute atomic E-state index is 0.105. The molecule has 0 aromatic carbocycles. The molecule has 4 rings (SSSR count). The van der Waals surface area contributed by atoms with Crippen molar-refractivity contribution in [2.24, 2.45) is 34.4 Å². The van der Waals surface area contributed by atoms with Crippen molar-refractivity contribution in [1.29, 1.82) is 0 Å². The average Bonchev–Trinajstić information content (AvgIpc) is 3.24. The van der Waals surface area contributed by atoms with Gasteiger partial charge in [-0.05, 0) is 56.3 Å². The van der Waals surface area contributed by atoms with Crippen LogP contribution in [0.2, 0.25) is 0 Å². The summed E-state index contributed by atoms with van der Waals surface area (Å²) in [5.41, 5.74) is 5.47. The van der Waals surface area contributed by atoms with Gasteiger partial charge in [-0.25, -0.2) is 4.99 Å². The van der Waals surface area contributed by atoms with Crippen molar-refractivity contribution >= 4 is 17.8 Å². The van der Waals surface area contributed by atoms with Crippen LogP contribution in [0.25, 0.3) is 0 Å². The van der Waals surface area contributed by atoms with Crippen LogP contribution >= 0.6 is 0 Å². The number of nitrogens with one attached hydrogen (secondary N) is 1. The third-order valence-corrected chi connectivity index (χ3v) is 8.36. The molecule has 2 heterocycles. The molecule has 0 spiro atoms. The number of hydrogen-bond donors (Lipinski definition) is 2. The van der Waals surface area contributed by atoms with Crippen molar-refractivity contribution < 1.29 is 9.59 Å². The van der Waals surface area contributed by atoms with E-state index in [-0.39, 0.29) is 17.7 Å². The number of hydrogen-bond acceptors (Lipinski definition) is 4. The van der Waals surface area contributed by atoms with Gasteiger partial charge in [-0.2, -0.15) is 0 Å². The summed E-state index contributed by atoms with van der Waals surface area (Å²) in [4.78, 5) is 31.7. The summed E-state index contributed by atoms with van der Waals surface area (Å²) in [6.45, 7) is 0.832. The smallest absolute Gasteiger partial charge is 0.257 e. The number of likely N-dealkylation sites (N-methyl/N-ethyl adjacent to an activating group) is 1. The van der Waals surface area contributed by atoms with Crippen LogP contribution < -0.4 is 11.1 Å². The van der Waals surface area contributed by atoms with Crippen molar-refractivity contribution in [3.8, 4) is 0 Å². The second-order valence-electron chi connectivity index (χ2n) is 10.5. The van der Waals surface area contributed by atoms with Crippen LogP contribution in [-0.2, 0) is 9.59 Å². The first-order valence-electron chi connectivity index (χ1n) is 12.4. The summed E-state index contributed by atoms with van der Waals surface area (Å²) >= 11 is 0. The lowest BCUT2D eigenvalue weighted by Crippen LogP contribution is -2.44. The Bertz CT molecular complexity index is 672. The second kappa shape index (κ2) is 9.27. The van der Waals surface area contributed by atoms with Crippen LogP contribution in [0.3, 0.4) is 0 Å². The molecule has 0 aromatic rings. The molecule has 30 heavy (non-hydrogen) atoms. The zero-order valence-corrected chi connectivity index (χ0v) is 18.7. The van der Waals surface area contributed by atoms with Gasteiger partial charge in [0.1, 0.15) is 5.54 Å². The van der Waals surface area contributed by atoms with E-state index in [1.165, 1.54) is 51.4 Å². The molecule has 0 radical (unpaired) electrons. The van der Waals surface area contributed by atoms with Gasteiger partial charge < -0.3 is 11.1 Å². The van der Waals surface area contributed by atoms with Crippen LogP contribution in [0.1, 0.15) is 89.9 Å². The largest absolute Gasteiger partial charge is 0.369 e. The SMILES string of the molecule is CN1C(=O)[C@@](CCC2CCCCC2)(C[C@H]2CCC[C@H](C[C@H]3CCNC3=O)C2)N=C1N. The topological polar surface area (TPSA) is 87.8 Å². The summed E-state index contributed by atoms with van der Waals surface area (Å²) in [6, 6.07) is 0. The Labute approximate surface area is 181 Å². The first kappa shape index (κ1) is 21.6. The summed E-state index contributed by atoms with van der Waals surface area (Å²) in [6.07, 6.45) is 16.1. The number of amides is 2. The van der Waals surface area contributed by atoms with Gasteiger partial charge in [-0.15, -0.1) is 0 Å². The molecule has 4 atom stereocenters. The molecule has 2 saturated carbocycles. The van der Waals surface area contributed by atoms with Crippen molar-refractivity contribution in [2.75, 3.05) is 13.6 Å². The van der Waals surface area contributed by atoms with Crippen molar-refractivity contribution in [3.05, 3.63) is 0 Å². The Hall–Kier alpha value is -1.59. The number of nitrogens with zero attached hydrogens (tertiary/aromatic N) is 2. The van der Waals surface area contributed by atoms with Crippen LogP contribution in [-0.4, -0.2) is 41.8 Å². The van der Waals surface area contributed by atoms with E-state index in [1.807, 2.05) is 0 Å². The Balaban J connectivity index is 1.40. The molecular formula is C24H40N4O2. The van der Waals surface area contributed by atoms with E-state index in [4.69, 9.17) is 10.7 Å². The van der Waals surface area contributed by atoms with Crippen molar-refractivity contribution in [3.63, 3.8) is 0 Å². The Morgan fingerprint density at radius 3 is 2.43 bits per heavy atom. The van der Waals surface area contributed by atoms with Gasteiger partial charge in [0.25, 0.3) is 5.91 Å². The first-order chi connectivity index (χ1) is 14.5. The number of carbonyl (C=O) groups is 2. The standard InChI is InChI=1S/C24H40N4O2/c1-28-22(30)24(27-23(28)25,12-10-17-6-3-2-4-7-17)16-19-9-5-8-18(14-19)15-20-11-13-26-21(20)29/h17-20H,2-16H2,1H3,(H2,25,27)(H,26,29)/t18-,19-,20+,24+/m0/s1. The lowest BCUT2D eigenvalue weighted by Gasteiger charge is -2.36. The minimum Gasteiger partial charge on any atom is -0.369 e. The van der Waals surface area contributed by atoms with Gasteiger partial charge in [0, 0.05) is 19.5 Å². The molecule has 2 amide bonds. The van der Waals surface area contributed by atoms with E-state index in [0.717, 1.165) is 51.0 Å². The van der Waals surface area contributed by atoms with Crippen LogP contribution in [0.5, 0.6) is 0 Å². The maximum Gasteiger partial charge on any atom is 0.257 e. The van der Waals surface area contributed by atoms with Crippen LogP contribution in [0.4, 0.5) is 0 Å². The average molecular weight is 417 g/mol. The fourth-order valence-electron chi connectivity index (χ4n) is 6.63. The van der Waals surface area contributed by atoms with Crippen molar-refractivity contribution in [1.82, 2.24) is 10.2 Å². The number of nitrogens with two attached hydrogens (primary N) is 1. The van der Waals surface area contributed by atoms with Crippen LogP contribution in [0.15, 0.2) is 4.99 Å². The first-order valence-corrected chi connectivity index (χ1v) is 12.4. The van der Waals surface area contributed by atoms with Gasteiger partial charge in [0.2, 0.25) is 5.91 Å². The summed E-state index contributed by atoms with van der Waals surface area (Å²) in [5.74, 6) is 2.78. The molecular weight excluding hydrogens is 376 g/mol. The van der Waals surface area contributed by atoms with E-state index < -0.39 is 5.54 Å². The maximum atomic E-state index is 13.3. The fraction of sp³-hybridized carbons (Fsp3) is 0.875. The van der Waals surface area contributed by atoms with Gasteiger partial charge in [-0.1, -0.05) is 51.4 Å². The van der Waals surface area contributed by atoms with Crippen LogP contribution in [0, 0.1) is 23.7 Å².